The molecule has 1 heterocycles. The summed E-state index contributed by atoms with van der Waals surface area (Å²) in [6.45, 7) is 0. The molecule has 1 atom stereocenters. The molecule has 1 unspecified atom stereocenters. The summed E-state index contributed by atoms with van der Waals surface area (Å²) in [6.07, 6.45) is 0. The predicted octanol–water partition coefficient (Wildman–Crippen LogP) is 3.83. The molecule has 0 radical (unpaired) electrons. The van der Waals surface area contributed by atoms with Crippen molar-refractivity contribution in [1.82, 2.24) is 0 Å². The molecule has 0 saturated heterocycles. The molecule has 3 rings (SSSR count). The van der Waals surface area contributed by atoms with E-state index in [0.29, 0.717) is 11.3 Å². The highest BCUT2D eigenvalue weighted by Crippen LogP contribution is 2.36. The molecule has 0 fully saturated rings. The molecule has 0 saturated carbocycles. The van der Waals surface area contributed by atoms with Crippen LogP contribution in [0.4, 0.5) is 20.2 Å². The number of carbonyl (C=O) groups excluding carboxylic acids is 1. The van der Waals surface area contributed by atoms with Crippen molar-refractivity contribution < 1.29 is 13.6 Å². The lowest BCUT2D eigenvalue weighted by molar-refractivity contribution is -0.116. The van der Waals surface area contributed by atoms with Crippen LogP contribution in [0.1, 0.15) is 11.6 Å². The Morgan fingerprint density at radius 2 is 1.85 bits per heavy atom. The molecule has 102 valence electrons. The number of rotatable bonds is 2. The molecule has 2 aromatic rings. The number of hydrogen-bond acceptors (Lipinski definition) is 2. The van der Waals surface area contributed by atoms with Gasteiger partial charge in [0.1, 0.15) is 23.4 Å². The molecule has 0 spiro atoms. The number of carbonyl (C=O) groups is 1. The zero-order chi connectivity index (χ0) is 14.3. The van der Waals surface area contributed by atoms with Gasteiger partial charge in [-0.15, -0.1) is 0 Å². The van der Waals surface area contributed by atoms with Crippen molar-refractivity contribution in [3.8, 4) is 0 Å². The van der Waals surface area contributed by atoms with Crippen LogP contribution >= 0.6 is 15.9 Å². The molecular formula is C14H9BrF2N2O. The minimum Gasteiger partial charge on any atom is -0.365 e. The van der Waals surface area contributed by atoms with Crippen LogP contribution in [0.5, 0.6) is 0 Å². The number of hydrogen-bond donors (Lipinski definition) is 2. The smallest absolute Gasteiger partial charge is 0.251 e. The van der Waals surface area contributed by atoms with Crippen LogP contribution in [-0.2, 0) is 4.79 Å². The van der Waals surface area contributed by atoms with Gasteiger partial charge in [0.05, 0.1) is 0 Å². The second-order valence-electron chi connectivity index (χ2n) is 4.39. The average Bonchev–Trinajstić information content (AvgIpc) is 2.69. The van der Waals surface area contributed by atoms with Gasteiger partial charge < -0.3 is 10.6 Å². The molecule has 2 aromatic carbocycles. The van der Waals surface area contributed by atoms with E-state index in [9.17, 15) is 13.6 Å². The highest BCUT2D eigenvalue weighted by atomic mass is 79.9. The van der Waals surface area contributed by atoms with Gasteiger partial charge in [-0.1, -0.05) is 28.1 Å². The molecular weight excluding hydrogens is 330 g/mol. The van der Waals surface area contributed by atoms with Crippen molar-refractivity contribution in [2.24, 2.45) is 0 Å². The SMILES string of the molecule is O=C1Nc2cc(Br)ccc2C1Nc1c(F)cccc1F. The molecule has 3 nitrogen and oxygen atoms in total. The molecule has 0 aliphatic carbocycles. The third-order valence-electron chi connectivity index (χ3n) is 3.10. The minimum atomic E-state index is -0.815. The van der Waals surface area contributed by atoms with Crippen molar-refractivity contribution in [1.29, 1.82) is 0 Å². The lowest BCUT2D eigenvalue weighted by Gasteiger charge is -2.14. The summed E-state index contributed by atoms with van der Waals surface area (Å²) in [7, 11) is 0. The first kappa shape index (κ1) is 13.1. The normalized spacial score (nSPS) is 16.8. The molecule has 20 heavy (non-hydrogen) atoms. The maximum Gasteiger partial charge on any atom is 0.251 e. The summed E-state index contributed by atoms with van der Waals surface area (Å²) in [4.78, 5) is 11.9. The minimum absolute atomic E-state index is 0.302. The van der Waals surface area contributed by atoms with Gasteiger partial charge in [-0.05, 0) is 24.3 Å². The first-order valence-corrected chi connectivity index (χ1v) is 6.66. The Morgan fingerprint density at radius 1 is 1.15 bits per heavy atom. The van der Waals surface area contributed by atoms with E-state index in [1.807, 2.05) is 0 Å². The maximum atomic E-state index is 13.6. The number of nitrogens with one attached hydrogen (secondary N) is 2. The van der Waals surface area contributed by atoms with Gasteiger partial charge in [0.15, 0.2) is 0 Å². The second kappa shape index (κ2) is 4.86. The van der Waals surface area contributed by atoms with Gasteiger partial charge in [0, 0.05) is 15.7 Å². The third kappa shape index (κ3) is 2.16. The Bertz CT molecular complexity index is 685. The molecule has 6 heteroatoms. The van der Waals surface area contributed by atoms with Crippen LogP contribution in [0.3, 0.4) is 0 Å². The van der Waals surface area contributed by atoms with Crippen LogP contribution in [0.2, 0.25) is 0 Å². The summed E-state index contributed by atoms with van der Waals surface area (Å²) in [6, 6.07) is 7.98. The average molecular weight is 339 g/mol. The molecule has 2 N–H and O–H groups in total. The third-order valence-corrected chi connectivity index (χ3v) is 3.59. The van der Waals surface area contributed by atoms with Crippen LogP contribution in [-0.4, -0.2) is 5.91 Å². The van der Waals surface area contributed by atoms with E-state index < -0.39 is 17.7 Å². The number of amides is 1. The number of halogens is 3. The summed E-state index contributed by atoms with van der Waals surface area (Å²) in [5, 5.41) is 5.30. The van der Waals surface area contributed by atoms with Crippen LogP contribution in [0.25, 0.3) is 0 Å². The Labute approximate surface area is 122 Å². The number of benzene rings is 2. The van der Waals surface area contributed by atoms with Gasteiger partial charge in [-0.3, -0.25) is 4.79 Å². The number of para-hydroxylation sites is 1. The number of fused-ring (bicyclic) bond motifs is 1. The maximum absolute atomic E-state index is 13.6. The van der Waals surface area contributed by atoms with Crippen LogP contribution in [0, 0.1) is 11.6 Å². The topological polar surface area (TPSA) is 41.1 Å². The molecule has 1 aliphatic rings. The fourth-order valence-corrected chi connectivity index (χ4v) is 2.52. The van der Waals surface area contributed by atoms with Gasteiger partial charge in [-0.2, -0.15) is 0 Å². The second-order valence-corrected chi connectivity index (χ2v) is 5.31. The zero-order valence-electron chi connectivity index (χ0n) is 10.1. The summed E-state index contributed by atoms with van der Waals surface area (Å²) in [5.41, 5.74) is 0.975. The molecule has 1 aliphatic heterocycles. The Hall–Kier alpha value is -1.95. The Kier molecular flexibility index (Phi) is 3.17. The quantitative estimate of drug-likeness (QED) is 0.873. The first-order chi connectivity index (χ1) is 9.56. The first-order valence-electron chi connectivity index (χ1n) is 5.87. The zero-order valence-corrected chi connectivity index (χ0v) is 11.7. The predicted molar refractivity (Wildman–Crippen MR) is 75.5 cm³/mol. The van der Waals surface area contributed by atoms with E-state index in [4.69, 9.17) is 0 Å². The Balaban J connectivity index is 1.98. The van der Waals surface area contributed by atoms with Crippen molar-refractivity contribution in [3.63, 3.8) is 0 Å². The van der Waals surface area contributed by atoms with E-state index in [1.54, 1.807) is 18.2 Å². The highest BCUT2D eigenvalue weighted by Gasteiger charge is 2.31. The molecule has 1 amide bonds. The lowest BCUT2D eigenvalue weighted by Crippen LogP contribution is -2.20. The van der Waals surface area contributed by atoms with Crippen molar-refractivity contribution in [2.45, 2.75) is 6.04 Å². The van der Waals surface area contributed by atoms with E-state index in [-0.39, 0.29) is 11.6 Å². The largest absolute Gasteiger partial charge is 0.365 e. The summed E-state index contributed by atoms with van der Waals surface area (Å²) < 4.78 is 28.1. The van der Waals surface area contributed by atoms with Crippen LogP contribution < -0.4 is 10.6 Å². The van der Waals surface area contributed by atoms with E-state index in [0.717, 1.165) is 16.6 Å². The molecule has 0 aromatic heterocycles. The fourth-order valence-electron chi connectivity index (χ4n) is 2.16. The Morgan fingerprint density at radius 3 is 2.55 bits per heavy atom. The van der Waals surface area contributed by atoms with Gasteiger partial charge in [0.25, 0.3) is 5.91 Å². The lowest BCUT2D eigenvalue weighted by atomic mass is 10.1. The van der Waals surface area contributed by atoms with E-state index in [1.165, 1.54) is 6.07 Å². The van der Waals surface area contributed by atoms with Crippen molar-refractivity contribution in [3.05, 3.63) is 58.1 Å². The van der Waals surface area contributed by atoms with Gasteiger partial charge in [0.2, 0.25) is 0 Å². The van der Waals surface area contributed by atoms with Crippen molar-refractivity contribution in [2.75, 3.05) is 10.6 Å². The monoisotopic (exact) mass is 338 g/mol. The van der Waals surface area contributed by atoms with E-state index in [2.05, 4.69) is 26.6 Å². The summed E-state index contributed by atoms with van der Waals surface area (Å²) in [5.74, 6) is -1.81. The van der Waals surface area contributed by atoms with Crippen LogP contribution in [0.15, 0.2) is 40.9 Å². The number of anilines is 2. The summed E-state index contributed by atoms with van der Waals surface area (Å²) >= 11 is 3.30. The van der Waals surface area contributed by atoms with Gasteiger partial charge >= 0.3 is 0 Å². The van der Waals surface area contributed by atoms with Gasteiger partial charge in [-0.25, -0.2) is 8.78 Å². The fraction of sp³-hybridized carbons (Fsp3) is 0.0714. The molecule has 0 bridgehead atoms. The highest BCUT2D eigenvalue weighted by molar-refractivity contribution is 9.10. The standard InChI is InChI=1S/C14H9BrF2N2O/c15-7-4-5-8-11(6-7)18-14(20)12(8)19-13-9(16)2-1-3-10(13)17/h1-6,12,19H,(H,18,20). The van der Waals surface area contributed by atoms with Crippen molar-refractivity contribution >= 4 is 33.2 Å². The van der Waals surface area contributed by atoms with E-state index >= 15 is 0 Å².